The molecule has 2 aromatic heterocycles. The smallest absolute Gasteiger partial charge is 0.346 e. The van der Waals surface area contributed by atoms with E-state index in [0.717, 1.165) is 0 Å². The lowest BCUT2D eigenvalue weighted by atomic mass is 9.90. The zero-order valence-corrected chi connectivity index (χ0v) is 22.3. The first-order valence-corrected chi connectivity index (χ1v) is 12.5. The topological polar surface area (TPSA) is 178 Å². The number of aliphatic hydroxyl groups excluding tert-OH is 1. The maximum atomic E-state index is 13.1. The van der Waals surface area contributed by atoms with Gasteiger partial charge >= 0.3 is 11.9 Å². The molecule has 13 nitrogen and oxygen atoms in total. The predicted molar refractivity (Wildman–Crippen MR) is 137 cm³/mol. The summed E-state index contributed by atoms with van der Waals surface area (Å²) >= 11 is 5.94. The lowest BCUT2D eigenvalue weighted by Gasteiger charge is -2.30. The van der Waals surface area contributed by atoms with Crippen LogP contribution in [0.5, 0.6) is 0 Å². The molecule has 0 bridgehead atoms. The fraction of sp³-hybridized carbons (Fsp3) is 0.440. The van der Waals surface area contributed by atoms with Gasteiger partial charge in [-0.2, -0.15) is 9.97 Å². The Balaban J connectivity index is 1.55. The third-order valence-electron chi connectivity index (χ3n) is 6.38. The third kappa shape index (κ3) is 5.71. The highest BCUT2D eigenvalue weighted by molar-refractivity contribution is 6.28. The van der Waals surface area contributed by atoms with E-state index in [4.69, 9.17) is 36.3 Å². The average molecular weight is 562 g/mol. The average Bonchev–Trinajstić information content (AvgIpc) is 3.49. The van der Waals surface area contributed by atoms with E-state index in [1.807, 2.05) is 0 Å². The molecule has 39 heavy (non-hydrogen) atoms. The van der Waals surface area contributed by atoms with Gasteiger partial charge in [-0.15, -0.1) is 0 Å². The van der Waals surface area contributed by atoms with Gasteiger partial charge in [0.1, 0.15) is 11.6 Å². The van der Waals surface area contributed by atoms with Gasteiger partial charge in [-0.05, 0) is 43.1 Å². The van der Waals surface area contributed by atoms with Crippen LogP contribution in [0.2, 0.25) is 5.28 Å². The Labute approximate surface area is 228 Å². The number of esters is 2. The maximum absolute atomic E-state index is 13.1. The van der Waals surface area contributed by atoms with Crippen LogP contribution < -0.4 is 5.73 Å². The van der Waals surface area contributed by atoms with Crippen molar-refractivity contribution < 1.29 is 38.4 Å². The van der Waals surface area contributed by atoms with E-state index in [-0.39, 0.29) is 42.8 Å². The molecule has 0 spiro atoms. The number of anilines is 1. The number of hydrogen-bond donors (Lipinski definition) is 2. The van der Waals surface area contributed by atoms with E-state index < -0.39 is 41.8 Å². The second-order valence-electron chi connectivity index (χ2n) is 8.93. The number of nitrogens with zero attached hydrogens (tertiary/aromatic N) is 4. The summed E-state index contributed by atoms with van der Waals surface area (Å²) in [5.74, 6) is -1.87. The number of carbonyl (C=O) groups is 3. The van der Waals surface area contributed by atoms with Gasteiger partial charge < -0.3 is 29.8 Å². The van der Waals surface area contributed by atoms with Gasteiger partial charge in [-0.1, -0.05) is 12.1 Å². The molecule has 1 aliphatic heterocycles. The van der Waals surface area contributed by atoms with Crippen molar-refractivity contribution in [2.75, 3.05) is 26.1 Å². The molecule has 4 rings (SSSR count). The van der Waals surface area contributed by atoms with Crippen molar-refractivity contribution in [2.24, 2.45) is 0 Å². The van der Waals surface area contributed by atoms with E-state index >= 15 is 0 Å². The minimum absolute atomic E-state index is 0.0282. The van der Waals surface area contributed by atoms with Crippen molar-refractivity contribution in [1.82, 2.24) is 19.5 Å². The highest BCUT2D eigenvalue weighted by Gasteiger charge is 2.48. The van der Waals surface area contributed by atoms with E-state index in [9.17, 15) is 19.5 Å². The molecule has 1 unspecified atom stereocenters. The lowest BCUT2D eigenvalue weighted by molar-refractivity contribution is -0.181. The Kier molecular flexibility index (Phi) is 8.45. The summed E-state index contributed by atoms with van der Waals surface area (Å²) < 4.78 is 23.4. The fourth-order valence-electron chi connectivity index (χ4n) is 4.38. The van der Waals surface area contributed by atoms with Gasteiger partial charge in [0.25, 0.3) is 0 Å². The van der Waals surface area contributed by atoms with Crippen molar-refractivity contribution in [3.05, 3.63) is 47.0 Å². The number of carbonyl (C=O) groups excluding carboxylic acids is 3. The van der Waals surface area contributed by atoms with E-state index in [0.29, 0.717) is 16.6 Å². The van der Waals surface area contributed by atoms with Crippen LogP contribution in [0, 0.1) is 0 Å². The van der Waals surface area contributed by atoms with Crippen LogP contribution in [0.4, 0.5) is 5.82 Å². The molecule has 1 aromatic carbocycles. The van der Waals surface area contributed by atoms with Crippen LogP contribution in [-0.2, 0) is 35.0 Å². The quantitative estimate of drug-likeness (QED) is 0.208. The molecule has 1 fully saturated rings. The van der Waals surface area contributed by atoms with Gasteiger partial charge in [-0.3, -0.25) is 9.36 Å². The van der Waals surface area contributed by atoms with Gasteiger partial charge in [0.2, 0.25) is 10.9 Å². The second kappa shape index (κ2) is 11.6. The Morgan fingerprint density at radius 2 is 1.97 bits per heavy atom. The Bertz CT molecular complexity index is 1380. The summed E-state index contributed by atoms with van der Waals surface area (Å²) in [5.41, 5.74) is 5.32. The normalized spacial score (nSPS) is 20.5. The second-order valence-corrected chi connectivity index (χ2v) is 9.27. The van der Waals surface area contributed by atoms with Gasteiger partial charge in [0.05, 0.1) is 38.3 Å². The molecular formula is C25H28ClN5O8. The van der Waals surface area contributed by atoms with Crippen molar-refractivity contribution in [2.45, 2.75) is 50.7 Å². The maximum Gasteiger partial charge on any atom is 0.346 e. The zero-order chi connectivity index (χ0) is 28.3. The largest absolute Gasteiger partial charge is 0.465 e. The summed E-state index contributed by atoms with van der Waals surface area (Å²) in [6, 6.07) is 6.25. The van der Waals surface area contributed by atoms with Crippen molar-refractivity contribution in [3.8, 4) is 0 Å². The molecular weight excluding hydrogens is 534 g/mol. The summed E-state index contributed by atoms with van der Waals surface area (Å²) in [7, 11) is 1.27. The summed E-state index contributed by atoms with van der Waals surface area (Å²) in [5, 5.41) is 10.7. The molecule has 208 valence electrons. The Morgan fingerprint density at radius 1 is 1.26 bits per heavy atom. The van der Waals surface area contributed by atoms with E-state index in [2.05, 4.69) is 15.0 Å². The number of halogens is 1. The van der Waals surface area contributed by atoms with Gasteiger partial charge in [0, 0.05) is 12.8 Å². The number of ether oxygens (including phenoxy) is 4. The number of Topliss-reactive ketones (excluding diaryl/α,β-unsaturated/α-hetero) is 1. The zero-order valence-electron chi connectivity index (χ0n) is 21.5. The molecule has 1 saturated heterocycles. The first-order chi connectivity index (χ1) is 18.6. The number of fused-ring (bicyclic) bond motifs is 1. The van der Waals surface area contributed by atoms with Crippen LogP contribution >= 0.6 is 11.6 Å². The van der Waals surface area contributed by atoms with Crippen molar-refractivity contribution in [1.29, 1.82) is 0 Å². The number of aromatic nitrogens is 4. The van der Waals surface area contributed by atoms with Crippen LogP contribution in [0.3, 0.4) is 0 Å². The molecule has 0 radical (unpaired) electrons. The molecule has 3 N–H and O–H groups in total. The first kappa shape index (κ1) is 28.4. The van der Waals surface area contributed by atoms with Crippen LogP contribution in [0.15, 0.2) is 30.6 Å². The van der Waals surface area contributed by atoms with Crippen LogP contribution in [0.25, 0.3) is 11.2 Å². The van der Waals surface area contributed by atoms with Crippen LogP contribution in [0.1, 0.15) is 42.4 Å². The number of methoxy groups -OCH3 is 1. The highest BCUT2D eigenvalue weighted by Crippen LogP contribution is 2.33. The third-order valence-corrected chi connectivity index (χ3v) is 6.55. The summed E-state index contributed by atoms with van der Waals surface area (Å²) in [6.45, 7) is 2.67. The summed E-state index contributed by atoms with van der Waals surface area (Å²) in [4.78, 5) is 49.9. The molecule has 3 aromatic rings. The minimum Gasteiger partial charge on any atom is -0.465 e. The number of nitrogen functional groups attached to an aromatic ring is 1. The Morgan fingerprint density at radius 3 is 2.62 bits per heavy atom. The number of benzene rings is 1. The highest BCUT2D eigenvalue weighted by atomic mass is 35.5. The number of hydrogen-bond acceptors (Lipinski definition) is 12. The molecule has 14 heteroatoms. The number of nitrogens with two attached hydrogens (primary N) is 1. The predicted octanol–water partition coefficient (Wildman–Crippen LogP) is 1.65. The Hall–Kier alpha value is -3.65. The van der Waals surface area contributed by atoms with Crippen molar-refractivity contribution in [3.63, 3.8) is 0 Å². The molecule has 0 aliphatic carbocycles. The molecule has 0 amide bonds. The summed E-state index contributed by atoms with van der Waals surface area (Å²) in [6.07, 6.45) is -1.22. The van der Waals surface area contributed by atoms with Crippen LogP contribution in [-0.4, -0.2) is 80.5 Å². The number of ketones is 1. The molecule has 0 saturated carbocycles. The van der Waals surface area contributed by atoms with E-state index in [1.54, 1.807) is 19.1 Å². The standard InChI is InChI=1S/C25H28ClN5O8/c1-4-37-23(35)25(13(2)32,10-14-5-7-15(8-6-14)22(34)36-3)38-11-16-9-17(33)21(39-16)31-12-28-18-19(27)29-24(26)30-20(18)31/h5-8,12,16-17,21,33H,4,9-11H2,1-3H3,(H2,27,29,30)/t16-,17+,21+,25?/m0/s1. The fourth-order valence-corrected chi connectivity index (χ4v) is 4.55. The monoisotopic (exact) mass is 561 g/mol. The number of rotatable bonds is 10. The SMILES string of the molecule is CCOC(=O)C(Cc1ccc(C(=O)OC)cc1)(OC[C@@H]1C[C@@H](O)[C@H](n2cnc3c(N)nc(Cl)nc32)O1)C(C)=O. The van der Waals surface area contributed by atoms with Crippen molar-refractivity contribution >= 4 is 46.3 Å². The lowest BCUT2D eigenvalue weighted by Crippen LogP contribution is -2.52. The van der Waals surface area contributed by atoms with Gasteiger partial charge in [-0.25, -0.2) is 14.6 Å². The molecule has 4 atom stereocenters. The van der Waals surface area contributed by atoms with Gasteiger partial charge in [0.15, 0.2) is 23.5 Å². The first-order valence-electron chi connectivity index (χ1n) is 12.1. The molecule has 1 aliphatic rings. The molecule has 3 heterocycles. The number of aliphatic hydroxyl groups is 1. The minimum atomic E-state index is -1.98. The van der Waals surface area contributed by atoms with E-state index in [1.165, 1.54) is 37.1 Å². The number of imidazole rings is 1.